The Labute approximate surface area is 100.0 Å². The lowest BCUT2D eigenvalue weighted by atomic mass is 10.3. The molecule has 0 aliphatic carbocycles. The predicted molar refractivity (Wildman–Crippen MR) is 60.4 cm³/mol. The highest BCUT2D eigenvalue weighted by molar-refractivity contribution is 5.86. The van der Waals surface area contributed by atoms with Crippen molar-refractivity contribution in [3.05, 3.63) is 12.2 Å². The topological polar surface area (TPSA) is 81.7 Å². The van der Waals surface area contributed by atoms with Crippen LogP contribution in [0.25, 0.3) is 0 Å². The van der Waals surface area contributed by atoms with Crippen molar-refractivity contribution in [1.82, 2.24) is 5.32 Å². The lowest BCUT2D eigenvalue weighted by Crippen LogP contribution is -2.24. The fourth-order valence-corrected chi connectivity index (χ4v) is 0.903. The largest absolute Gasteiger partial charge is 0.463 e. The summed E-state index contributed by atoms with van der Waals surface area (Å²) in [5.41, 5.74) is 0. The summed E-state index contributed by atoms with van der Waals surface area (Å²) in [7, 11) is 0. The molecule has 0 saturated carbocycles. The number of carbonyl (C=O) groups excluding carboxylic acids is 3. The maximum atomic E-state index is 10.9. The van der Waals surface area contributed by atoms with Crippen molar-refractivity contribution in [2.75, 3.05) is 19.8 Å². The van der Waals surface area contributed by atoms with Gasteiger partial charge in [0.15, 0.2) is 0 Å². The second kappa shape index (κ2) is 10.7. The van der Waals surface area contributed by atoms with Gasteiger partial charge in [-0.3, -0.25) is 4.79 Å². The number of unbranched alkanes of at least 4 members (excludes halogenated alkanes) is 1. The van der Waals surface area contributed by atoms with Crippen LogP contribution in [0.3, 0.4) is 0 Å². The van der Waals surface area contributed by atoms with E-state index in [-0.39, 0.29) is 13.2 Å². The van der Waals surface area contributed by atoms with Crippen LogP contribution in [0.2, 0.25) is 0 Å². The van der Waals surface area contributed by atoms with Gasteiger partial charge in [-0.25, -0.2) is 9.59 Å². The molecule has 0 saturated heterocycles. The van der Waals surface area contributed by atoms with E-state index >= 15 is 0 Å². The van der Waals surface area contributed by atoms with Gasteiger partial charge in [-0.05, 0) is 25.8 Å². The van der Waals surface area contributed by atoms with Crippen LogP contribution in [0.15, 0.2) is 12.2 Å². The highest BCUT2D eigenvalue weighted by atomic mass is 16.5. The number of amides is 1. The van der Waals surface area contributed by atoms with Gasteiger partial charge in [0.05, 0.1) is 13.2 Å². The van der Waals surface area contributed by atoms with E-state index in [2.05, 4.69) is 5.32 Å². The molecule has 0 aliphatic rings. The summed E-state index contributed by atoms with van der Waals surface area (Å²) in [6.45, 7) is 2.85. The number of esters is 1. The second-order valence-corrected chi connectivity index (χ2v) is 3.04. The number of allylic oxidation sites excluding steroid dienone is 1. The minimum atomic E-state index is -0.554. The van der Waals surface area contributed by atoms with E-state index in [1.807, 2.05) is 0 Å². The van der Waals surface area contributed by atoms with E-state index in [0.717, 1.165) is 12.2 Å². The molecule has 0 spiro atoms. The van der Waals surface area contributed by atoms with Crippen molar-refractivity contribution < 1.29 is 23.9 Å². The third kappa shape index (κ3) is 10.4. The SMILES string of the molecule is CCNC(=O)OCCCCOC(=O)/C=C\C=O. The van der Waals surface area contributed by atoms with Crippen molar-refractivity contribution in [1.29, 1.82) is 0 Å². The first-order valence-corrected chi connectivity index (χ1v) is 5.40. The Kier molecular flexibility index (Phi) is 9.50. The van der Waals surface area contributed by atoms with Crippen molar-refractivity contribution in [2.45, 2.75) is 19.8 Å². The van der Waals surface area contributed by atoms with Crippen LogP contribution >= 0.6 is 0 Å². The van der Waals surface area contributed by atoms with Crippen LogP contribution in [-0.4, -0.2) is 38.1 Å². The molecule has 0 bridgehead atoms. The average Bonchev–Trinajstić information content (AvgIpc) is 2.31. The van der Waals surface area contributed by atoms with Crippen molar-refractivity contribution in [3.63, 3.8) is 0 Å². The standard InChI is InChI=1S/C11H17NO5/c1-2-12-11(15)17-9-4-3-8-16-10(14)6-5-7-13/h5-7H,2-4,8-9H2,1H3,(H,12,15)/b6-5-. The van der Waals surface area contributed by atoms with E-state index in [1.165, 1.54) is 0 Å². The Hall–Kier alpha value is -1.85. The predicted octanol–water partition coefficient (Wildman–Crippen LogP) is 0.811. The number of hydrogen-bond acceptors (Lipinski definition) is 5. The van der Waals surface area contributed by atoms with Gasteiger partial charge in [-0.2, -0.15) is 0 Å². The Bertz CT molecular complexity index is 275. The first kappa shape index (κ1) is 15.2. The van der Waals surface area contributed by atoms with Gasteiger partial charge < -0.3 is 14.8 Å². The summed E-state index contributed by atoms with van der Waals surface area (Å²) in [5.74, 6) is -0.554. The van der Waals surface area contributed by atoms with Crippen LogP contribution in [-0.2, 0) is 19.1 Å². The van der Waals surface area contributed by atoms with Gasteiger partial charge in [0.1, 0.15) is 6.29 Å². The van der Waals surface area contributed by atoms with Gasteiger partial charge >= 0.3 is 12.1 Å². The first-order chi connectivity index (χ1) is 8.20. The minimum Gasteiger partial charge on any atom is -0.463 e. The zero-order valence-electron chi connectivity index (χ0n) is 9.81. The number of nitrogens with one attached hydrogen (secondary N) is 1. The van der Waals surface area contributed by atoms with E-state index < -0.39 is 12.1 Å². The van der Waals surface area contributed by atoms with E-state index in [4.69, 9.17) is 9.47 Å². The molecule has 0 rings (SSSR count). The van der Waals surface area contributed by atoms with Gasteiger partial charge in [-0.15, -0.1) is 0 Å². The van der Waals surface area contributed by atoms with Gasteiger partial charge in [0.25, 0.3) is 0 Å². The highest BCUT2D eigenvalue weighted by Gasteiger charge is 1.99. The Morgan fingerprint density at radius 3 is 2.41 bits per heavy atom. The molecule has 0 aromatic rings. The molecule has 1 N–H and O–H groups in total. The second-order valence-electron chi connectivity index (χ2n) is 3.04. The molecule has 6 heteroatoms. The molecular weight excluding hydrogens is 226 g/mol. The van der Waals surface area contributed by atoms with Gasteiger partial charge in [0.2, 0.25) is 0 Å². The lowest BCUT2D eigenvalue weighted by molar-refractivity contribution is -0.138. The number of alkyl carbamates (subject to hydrolysis) is 1. The summed E-state index contributed by atoms with van der Waals surface area (Å²) in [6, 6.07) is 0. The van der Waals surface area contributed by atoms with E-state index in [1.54, 1.807) is 6.92 Å². The maximum Gasteiger partial charge on any atom is 0.407 e. The van der Waals surface area contributed by atoms with Crippen LogP contribution in [0, 0.1) is 0 Å². The highest BCUT2D eigenvalue weighted by Crippen LogP contribution is 1.93. The molecule has 0 unspecified atom stereocenters. The molecule has 0 fully saturated rings. The van der Waals surface area contributed by atoms with E-state index in [0.29, 0.717) is 25.7 Å². The molecule has 0 aliphatic heterocycles. The Morgan fingerprint density at radius 2 is 1.82 bits per heavy atom. The fourth-order valence-electron chi connectivity index (χ4n) is 0.903. The molecule has 0 aromatic carbocycles. The number of hydrogen-bond donors (Lipinski definition) is 1. The lowest BCUT2D eigenvalue weighted by Gasteiger charge is -2.05. The summed E-state index contributed by atoms with van der Waals surface area (Å²) < 4.78 is 9.56. The Morgan fingerprint density at radius 1 is 1.18 bits per heavy atom. The fraction of sp³-hybridized carbons (Fsp3) is 0.545. The molecule has 0 radical (unpaired) electrons. The van der Waals surface area contributed by atoms with Gasteiger partial charge in [-0.1, -0.05) is 0 Å². The minimum absolute atomic E-state index is 0.237. The molecule has 17 heavy (non-hydrogen) atoms. The molecule has 6 nitrogen and oxygen atoms in total. The monoisotopic (exact) mass is 243 g/mol. The maximum absolute atomic E-state index is 10.9. The van der Waals surface area contributed by atoms with Crippen molar-refractivity contribution in [2.24, 2.45) is 0 Å². The normalized spacial score (nSPS) is 9.94. The third-order valence-electron chi connectivity index (χ3n) is 1.65. The summed E-state index contributed by atoms with van der Waals surface area (Å²) >= 11 is 0. The average molecular weight is 243 g/mol. The first-order valence-electron chi connectivity index (χ1n) is 5.40. The molecule has 96 valence electrons. The molecule has 0 atom stereocenters. The zero-order valence-corrected chi connectivity index (χ0v) is 9.81. The summed E-state index contributed by atoms with van der Waals surface area (Å²) in [4.78, 5) is 31.6. The molecule has 1 amide bonds. The smallest absolute Gasteiger partial charge is 0.407 e. The van der Waals surface area contributed by atoms with Crippen LogP contribution in [0.4, 0.5) is 4.79 Å². The molecule has 0 aromatic heterocycles. The van der Waals surface area contributed by atoms with Crippen molar-refractivity contribution in [3.8, 4) is 0 Å². The zero-order chi connectivity index (χ0) is 12.9. The van der Waals surface area contributed by atoms with Crippen LogP contribution < -0.4 is 5.32 Å². The van der Waals surface area contributed by atoms with Crippen molar-refractivity contribution >= 4 is 18.3 Å². The summed E-state index contributed by atoms with van der Waals surface area (Å²) in [5, 5.41) is 2.49. The number of aldehydes is 1. The van der Waals surface area contributed by atoms with Crippen LogP contribution in [0.5, 0.6) is 0 Å². The summed E-state index contributed by atoms with van der Waals surface area (Å²) in [6.07, 6.45) is 3.39. The van der Waals surface area contributed by atoms with E-state index in [9.17, 15) is 14.4 Å². The van der Waals surface area contributed by atoms with Crippen LogP contribution in [0.1, 0.15) is 19.8 Å². The molecular formula is C11H17NO5. The number of ether oxygens (including phenoxy) is 2. The third-order valence-corrected chi connectivity index (χ3v) is 1.65. The number of rotatable bonds is 8. The quantitative estimate of drug-likeness (QED) is 0.295. The Balaban J connectivity index is 3.34. The molecule has 0 heterocycles. The van der Waals surface area contributed by atoms with Gasteiger partial charge in [0, 0.05) is 12.6 Å². The number of carbonyl (C=O) groups is 3.